The van der Waals surface area contributed by atoms with E-state index in [9.17, 15) is 14.4 Å². The molecule has 0 saturated carbocycles. The molecule has 0 aliphatic carbocycles. The van der Waals surface area contributed by atoms with Crippen LogP contribution >= 0.6 is 0 Å². The number of anilines is 1. The summed E-state index contributed by atoms with van der Waals surface area (Å²) in [4.78, 5) is 35.9. The molecule has 0 aliphatic rings. The lowest BCUT2D eigenvalue weighted by Crippen LogP contribution is -2.32. The third-order valence-corrected chi connectivity index (χ3v) is 3.98. The SMILES string of the molecule is CC(=O)c1ccccc1NC(=O)[C@@H](C)OC(=O)COc1c(C)cccc1C. The average Bonchev–Trinajstić information content (AvgIpc) is 2.61. The largest absolute Gasteiger partial charge is 0.481 e. The van der Waals surface area contributed by atoms with Gasteiger partial charge in [-0.25, -0.2) is 4.79 Å². The summed E-state index contributed by atoms with van der Waals surface area (Å²) in [6, 6.07) is 12.3. The number of para-hydroxylation sites is 2. The van der Waals surface area contributed by atoms with Gasteiger partial charge in [-0.05, 0) is 51.0 Å². The number of carbonyl (C=O) groups excluding carboxylic acids is 3. The molecule has 142 valence electrons. The predicted molar refractivity (Wildman–Crippen MR) is 102 cm³/mol. The van der Waals surface area contributed by atoms with Crippen LogP contribution in [-0.4, -0.2) is 30.4 Å². The lowest BCUT2D eigenvalue weighted by Gasteiger charge is -2.16. The quantitative estimate of drug-likeness (QED) is 0.597. The van der Waals surface area contributed by atoms with Gasteiger partial charge >= 0.3 is 5.97 Å². The van der Waals surface area contributed by atoms with Crippen molar-refractivity contribution in [2.24, 2.45) is 0 Å². The van der Waals surface area contributed by atoms with Crippen molar-refractivity contribution in [3.8, 4) is 5.75 Å². The van der Waals surface area contributed by atoms with E-state index in [1.54, 1.807) is 24.3 Å². The molecule has 1 amide bonds. The van der Waals surface area contributed by atoms with Crippen LogP contribution < -0.4 is 10.1 Å². The number of aryl methyl sites for hydroxylation is 2. The number of Topliss-reactive ketones (excluding diaryl/α,β-unsaturated/α-hetero) is 1. The fraction of sp³-hybridized carbons (Fsp3) is 0.286. The number of rotatable bonds is 7. The Bertz CT molecular complexity index is 839. The van der Waals surface area contributed by atoms with Crippen LogP contribution in [0.1, 0.15) is 35.3 Å². The molecule has 27 heavy (non-hydrogen) atoms. The van der Waals surface area contributed by atoms with Gasteiger partial charge < -0.3 is 14.8 Å². The van der Waals surface area contributed by atoms with Crippen LogP contribution in [0.4, 0.5) is 5.69 Å². The van der Waals surface area contributed by atoms with Crippen molar-refractivity contribution < 1.29 is 23.9 Å². The Morgan fingerprint density at radius 1 is 1.00 bits per heavy atom. The van der Waals surface area contributed by atoms with E-state index in [4.69, 9.17) is 9.47 Å². The van der Waals surface area contributed by atoms with Gasteiger partial charge in [-0.1, -0.05) is 30.3 Å². The van der Waals surface area contributed by atoms with Crippen LogP contribution in [0.3, 0.4) is 0 Å². The van der Waals surface area contributed by atoms with E-state index in [0.717, 1.165) is 11.1 Å². The third-order valence-electron chi connectivity index (χ3n) is 3.98. The van der Waals surface area contributed by atoms with Gasteiger partial charge in [-0.3, -0.25) is 9.59 Å². The van der Waals surface area contributed by atoms with Crippen molar-refractivity contribution in [3.05, 3.63) is 59.2 Å². The second-order valence-corrected chi connectivity index (χ2v) is 6.23. The van der Waals surface area contributed by atoms with Crippen molar-refractivity contribution >= 4 is 23.3 Å². The molecule has 0 spiro atoms. The first-order valence-corrected chi connectivity index (χ1v) is 8.59. The molecule has 0 bridgehead atoms. The third kappa shape index (κ3) is 5.41. The maximum Gasteiger partial charge on any atom is 0.344 e. The number of nitrogens with one attached hydrogen (secondary N) is 1. The summed E-state index contributed by atoms with van der Waals surface area (Å²) < 4.78 is 10.7. The van der Waals surface area contributed by atoms with Gasteiger partial charge in [-0.15, -0.1) is 0 Å². The summed E-state index contributed by atoms with van der Waals surface area (Å²) in [7, 11) is 0. The van der Waals surface area contributed by atoms with Crippen LogP contribution in [0.15, 0.2) is 42.5 Å². The molecular formula is C21H23NO5. The van der Waals surface area contributed by atoms with Gasteiger partial charge in [0.15, 0.2) is 18.5 Å². The van der Waals surface area contributed by atoms with Gasteiger partial charge in [0.2, 0.25) is 0 Å². The maximum absolute atomic E-state index is 12.3. The van der Waals surface area contributed by atoms with Crippen LogP contribution in [0.25, 0.3) is 0 Å². The smallest absolute Gasteiger partial charge is 0.344 e. The normalized spacial score (nSPS) is 11.4. The molecule has 0 aromatic heterocycles. The number of benzene rings is 2. The van der Waals surface area contributed by atoms with E-state index < -0.39 is 18.0 Å². The highest BCUT2D eigenvalue weighted by Crippen LogP contribution is 2.22. The molecule has 0 radical (unpaired) electrons. The van der Waals surface area contributed by atoms with Gasteiger partial charge in [0.25, 0.3) is 5.91 Å². The van der Waals surface area contributed by atoms with E-state index in [1.165, 1.54) is 13.8 Å². The van der Waals surface area contributed by atoms with Gasteiger partial charge in [0, 0.05) is 5.56 Å². The van der Waals surface area contributed by atoms with E-state index in [2.05, 4.69) is 5.32 Å². The first-order valence-electron chi connectivity index (χ1n) is 8.59. The molecule has 2 aromatic rings. The van der Waals surface area contributed by atoms with Crippen molar-refractivity contribution in [1.29, 1.82) is 0 Å². The van der Waals surface area contributed by atoms with Crippen LogP contribution in [0, 0.1) is 13.8 Å². The lowest BCUT2D eigenvalue weighted by molar-refractivity contribution is -0.155. The fourth-order valence-corrected chi connectivity index (χ4v) is 2.58. The first-order chi connectivity index (χ1) is 12.8. The Morgan fingerprint density at radius 2 is 1.63 bits per heavy atom. The molecule has 2 rings (SSSR count). The second-order valence-electron chi connectivity index (χ2n) is 6.23. The molecule has 0 heterocycles. The lowest BCUT2D eigenvalue weighted by atomic mass is 10.1. The van der Waals surface area contributed by atoms with E-state index >= 15 is 0 Å². The zero-order chi connectivity index (χ0) is 20.0. The van der Waals surface area contributed by atoms with Crippen molar-refractivity contribution in [2.45, 2.75) is 33.8 Å². The Kier molecular flexibility index (Phi) is 6.71. The number of hydrogen-bond donors (Lipinski definition) is 1. The molecule has 1 N–H and O–H groups in total. The Morgan fingerprint density at radius 3 is 2.26 bits per heavy atom. The highest BCUT2D eigenvalue weighted by molar-refractivity contribution is 6.04. The minimum absolute atomic E-state index is 0.169. The minimum atomic E-state index is -1.03. The molecule has 0 saturated heterocycles. The van der Waals surface area contributed by atoms with E-state index in [-0.39, 0.29) is 12.4 Å². The van der Waals surface area contributed by atoms with Crippen molar-refractivity contribution in [2.75, 3.05) is 11.9 Å². The van der Waals surface area contributed by atoms with Crippen LogP contribution in [0.5, 0.6) is 5.75 Å². The number of carbonyl (C=O) groups is 3. The summed E-state index contributed by atoms with van der Waals surface area (Å²) in [5.41, 5.74) is 2.59. The van der Waals surface area contributed by atoms with Crippen LogP contribution in [0.2, 0.25) is 0 Å². The standard InChI is InChI=1S/C21H23NO5/c1-13-8-7-9-14(2)20(13)26-12-19(24)27-16(4)21(25)22-18-11-6-5-10-17(18)15(3)23/h5-11,16H,12H2,1-4H3,(H,22,25)/t16-/m1/s1. The monoisotopic (exact) mass is 369 g/mol. The number of hydrogen-bond acceptors (Lipinski definition) is 5. The van der Waals surface area contributed by atoms with E-state index in [1.807, 2.05) is 32.0 Å². The van der Waals surface area contributed by atoms with E-state index in [0.29, 0.717) is 17.0 Å². The minimum Gasteiger partial charge on any atom is -0.481 e. The highest BCUT2D eigenvalue weighted by Gasteiger charge is 2.20. The summed E-state index contributed by atoms with van der Waals surface area (Å²) in [5, 5.41) is 2.61. The summed E-state index contributed by atoms with van der Waals surface area (Å²) in [5.74, 6) is -0.719. The molecule has 6 nitrogen and oxygen atoms in total. The molecular weight excluding hydrogens is 346 g/mol. The van der Waals surface area contributed by atoms with Crippen molar-refractivity contribution in [3.63, 3.8) is 0 Å². The number of amides is 1. The molecule has 0 unspecified atom stereocenters. The number of esters is 1. The molecule has 1 atom stereocenters. The molecule has 6 heteroatoms. The molecule has 0 fully saturated rings. The Hall–Kier alpha value is -3.15. The van der Waals surface area contributed by atoms with Gasteiger partial charge in [-0.2, -0.15) is 0 Å². The molecule has 0 aliphatic heterocycles. The number of ether oxygens (including phenoxy) is 2. The topological polar surface area (TPSA) is 81.7 Å². The highest BCUT2D eigenvalue weighted by atomic mass is 16.6. The van der Waals surface area contributed by atoms with Gasteiger partial charge in [0.05, 0.1) is 5.69 Å². The summed E-state index contributed by atoms with van der Waals surface area (Å²) in [6.07, 6.45) is -1.03. The fourth-order valence-electron chi connectivity index (χ4n) is 2.58. The Balaban J connectivity index is 1.92. The maximum atomic E-state index is 12.3. The summed E-state index contributed by atoms with van der Waals surface area (Å²) in [6.45, 7) is 6.35. The summed E-state index contributed by atoms with van der Waals surface area (Å²) >= 11 is 0. The second kappa shape index (κ2) is 8.98. The Labute approximate surface area is 158 Å². The first kappa shape index (κ1) is 20.2. The zero-order valence-electron chi connectivity index (χ0n) is 15.9. The number of ketones is 1. The van der Waals surface area contributed by atoms with Gasteiger partial charge in [0.1, 0.15) is 5.75 Å². The predicted octanol–water partition coefficient (Wildman–Crippen LogP) is 3.46. The van der Waals surface area contributed by atoms with Crippen molar-refractivity contribution in [1.82, 2.24) is 0 Å². The molecule has 2 aromatic carbocycles. The zero-order valence-corrected chi connectivity index (χ0v) is 15.9. The average molecular weight is 369 g/mol. The van der Waals surface area contributed by atoms with Crippen LogP contribution in [-0.2, 0) is 14.3 Å².